The summed E-state index contributed by atoms with van der Waals surface area (Å²) in [5.74, 6) is 1.10. The summed E-state index contributed by atoms with van der Waals surface area (Å²) < 4.78 is 18.9. The number of fused-ring (bicyclic) bond motifs is 1. The average molecular weight is 603 g/mol. The number of alkyl halides is 1. The van der Waals surface area contributed by atoms with Crippen LogP contribution in [0.25, 0.3) is 22.3 Å². The molecule has 0 aromatic heterocycles. The lowest BCUT2D eigenvalue weighted by molar-refractivity contribution is 0.198. The zero-order chi connectivity index (χ0) is 29.1. The minimum absolute atomic E-state index is 0.118. The second-order valence-corrected chi connectivity index (χ2v) is 12.0. The topological polar surface area (TPSA) is 32.7 Å². The van der Waals surface area contributed by atoms with Crippen molar-refractivity contribution in [3.05, 3.63) is 117 Å². The van der Waals surface area contributed by atoms with Gasteiger partial charge in [0, 0.05) is 29.7 Å². The number of hydrogen-bond donors (Lipinski definition) is 1. The Bertz CT molecular complexity index is 1600. The molecule has 1 fully saturated rings. The van der Waals surface area contributed by atoms with E-state index in [1.165, 1.54) is 22.3 Å². The highest BCUT2D eigenvalue weighted by atomic mass is 35.5. The number of ether oxygens (including phenoxy) is 1. The normalized spacial score (nSPS) is 17.3. The highest BCUT2D eigenvalue weighted by Gasteiger charge is 2.25. The van der Waals surface area contributed by atoms with Gasteiger partial charge in [-0.2, -0.15) is 0 Å². The number of nitrogens with zero attached hydrogens (tertiary/aromatic N) is 1. The van der Waals surface area contributed by atoms with Crippen LogP contribution < -0.4 is 4.74 Å². The van der Waals surface area contributed by atoms with Crippen LogP contribution in [0.15, 0.2) is 84.9 Å². The standard InChI is InChI=1S/C36H34Cl2FNO2/c37-28-11-15-33(35(38)22-28)34-7-2-5-27-20-26(25-4-1-6-29(41)21-25)10-14-32(27)36(34)24-8-12-30(13-9-24)42-31-16-19-40(23-31)18-3-17-39/h1,4,6,8-15,20-22,31,41H,2-3,5,7,16-19,23H2/t31-/m0/s1. The predicted octanol–water partition coefficient (Wildman–Crippen LogP) is 9.47. The van der Waals surface area contributed by atoms with Gasteiger partial charge in [-0.1, -0.05) is 71.7 Å². The number of hydrogen-bond acceptors (Lipinski definition) is 3. The number of likely N-dealkylation sites (tertiary alicyclic amines) is 1. The van der Waals surface area contributed by atoms with Gasteiger partial charge in [0.1, 0.15) is 17.6 Å². The van der Waals surface area contributed by atoms with Crippen molar-refractivity contribution >= 4 is 34.3 Å². The van der Waals surface area contributed by atoms with E-state index in [2.05, 4.69) is 47.4 Å². The van der Waals surface area contributed by atoms with Gasteiger partial charge in [-0.3, -0.25) is 9.29 Å². The molecule has 2 aliphatic rings. The van der Waals surface area contributed by atoms with E-state index in [0.29, 0.717) is 16.5 Å². The van der Waals surface area contributed by atoms with Crippen LogP contribution in [0.5, 0.6) is 11.5 Å². The SMILES string of the molecule is Oc1cccc(-c2ccc3c(c2)CCCC(c2ccc(Cl)cc2Cl)=C3c2ccc(O[C@H]3CCN(CCCF)C3)cc2)c1. The van der Waals surface area contributed by atoms with Crippen molar-refractivity contribution in [2.24, 2.45) is 0 Å². The molecule has 0 amide bonds. The molecule has 216 valence electrons. The van der Waals surface area contributed by atoms with Gasteiger partial charge in [-0.15, -0.1) is 0 Å². The fourth-order valence-corrected chi connectivity index (χ4v) is 6.78. The molecule has 42 heavy (non-hydrogen) atoms. The minimum Gasteiger partial charge on any atom is -0.508 e. The molecule has 1 N–H and O–H groups in total. The Morgan fingerprint density at radius 1 is 0.857 bits per heavy atom. The molecule has 6 heteroatoms. The molecule has 0 spiro atoms. The summed E-state index contributed by atoms with van der Waals surface area (Å²) in [6.45, 7) is 2.29. The maximum atomic E-state index is 12.6. The van der Waals surface area contributed by atoms with E-state index in [4.69, 9.17) is 27.9 Å². The molecule has 1 aliphatic carbocycles. The predicted molar refractivity (Wildman–Crippen MR) is 171 cm³/mol. The fourth-order valence-electron chi connectivity index (χ4n) is 6.26. The van der Waals surface area contributed by atoms with E-state index in [9.17, 15) is 9.50 Å². The molecule has 4 aromatic carbocycles. The lowest BCUT2D eigenvalue weighted by Crippen LogP contribution is -2.26. The van der Waals surface area contributed by atoms with E-state index in [1.54, 1.807) is 12.1 Å². The Morgan fingerprint density at radius 3 is 2.43 bits per heavy atom. The third-order valence-electron chi connectivity index (χ3n) is 8.27. The van der Waals surface area contributed by atoms with Crippen LogP contribution in [0.1, 0.15) is 47.9 Å². The number of rotatable bonds is 8. The van der Waals surface area contributed by atoms with Crippen molar-refractivity contribution in [2.45, 2.75) is 38.2 Å². The summed E-state index contributed by atoms with van der Waals surface area (Å²) in [7, 11) is 0. The van der Waals surface area contributed by atoms with Crippen molar-refractivity contribution in [1.29, 1.82) is 0 Å². The average Bonchev–Trinajstić information content (AvgIpc) is 3.35. The number of allylic oxidation sites excluding steroid dienone is 1. The van der Waals surface area contributed by atoms with Gasteiger partial charge in [0.25, 0.3) is 0 Å². The number of phenolic OH excluding ortho intramolecular Hbond substituents is 1. The zero-order valence-corrected chi connectivity index (χ0v) is 25.0. The van der Waals surface area contributed by atoms with Crippen molar-refractivity contribution in [3.63, 3.8) is 0 Å². The third-order valence-corrected chi connectivity index (χ3v) is 8.82. The molecular weight excluding hydrogens is 568 g/mol. The highest BCUT2D eigenvalue weighted by molar-refractivity contribution is 6.36. The third kappa shape index (κ3) is 6.36. The second kappa shape index (κ2) is 12.9. The number of halogens is 3. The van der Waals surface area contributed by atoms with E-state index in [1.807, 2.05) is 30.3 Å². The first-order chi connectivity index (χ1) is 20.5. The largest absolute Gasteiger partial charge is 0.508 e. The van der Waals surface area contributed by atoms with E-state index in [0.717, 1.165) is 73.3 Å². The van der Waals surface area contributed by atoms with Crippen LogP contribution in [0.3, 0.4) is 0 Å². The summed E-state index contributed by atoms with van der Waals surface area (Å²) in [6.07, 6.45) is 4.44. The highest BCUT2D eigenvalue weighted by Crippen LogP contribution is 2.43. The van der Waals surface area contributed by atoms with E-state index < -0.39 is 0 Å². The first-order valence-corrected chi connectivity index (χ1v) is 15.4. The van der Waals surface area contributed by atoms with E-state index >= 15 is 0 Å². The lowest BCUT2D eigenvalue weighted by atomic mass is 9.87. The van der Waals surface area contributed by atoms with Crippen molar-refractivity contribution in [2.75, 3.05) is 26.3 Å². The summed E-state index contributed by atoms with van der Waals surface area (Å²) in [5, 5.41) is 11.3. The Labute approximate surface area is 257 Å². The maximum absolute atomic E-state index is 12.6. The van der Waals surface area contributed by atoms with Crippen LogP contribution in [0.2, 0.25) is 10.0 Å². The van der Waals surface area contributed by atoms with Crippen molar-refractivity contribution in [1.82, 2.24) is 4.90 Å². The van der Waals surface area contributed by atoms with Crippen LogP contribution in [0.4, 0.5) is 4.39 Å². The monoisotopic (exact) mass is 601 g/mol. The Hall–Kier alpha value is -3.31. The number of aryl methyl sites for hydroxylation is 1. The van der Waals surface area contributed by atoms with Gasteiger partial charge >= 0.3 is 0 Å². The smallest absolute Gasteiger partial charge is 0.119 e. The molecule has 0 unspecified atom stereocenters. The van der Waals surface area contributed by atoms with Crippen molar-refractivity contribution < 1.29 is 14.2 Å². The van der Waals surface area contributed by atoms with Crippen LogP contribution in [0, 0.1) is 0 Å². The Kier molecular flexibility index (Phi) is 8.85. The van der Waals surface area contributed by atoms with Crippen molar-refractivity contribution in [3.8, 4) is 22.6 Å². The fraction of sp³-hybridized carbons (Fsp3) is 0.278. The molecular formula is C36H34Cl2FNO2. The van der Waals surface area contributed by atoms with Gasteiger partial charge in [-0.05, 0) is 113 Å². The summed E-state index contributed by atoms with van der Waals surface area (Å²) >= 11 is 13.1. The quantitative estimate of drug-likeness (QED) is 0.218. The van der Waals surface area contributed by atoms with Gasteiger partial charge in [0.2, 0.25) is 0 Å². The van der Waals surface area contributed by atoms with Gasteiger partial charge in [-0.25, -0.2) is 0 Å². The minimum atomic E-state index is -0.275. The molecule has 1 saturated heterocycles. The summed E-state index contributed by atoms with van der Waals surface area (Å²) in [5.41, 5.74) is 9.00. The molecule has 0 bridgehead atoms. The van der Waals surface area contributed by atoms with Crippen LogP contribution >= 0.6 is 23.2 Å². The number of aromatic hydroxyl groups is 1. The van der Waals surface area contributed by atoms with Gasteiger partial charge in [0.05, 0.1) is 6.67 Å². The van der Waals surface area contributed by atoms with Crippen LogP contribution in [-0.4, -0.2) is 42.4 Å². The molecule has 4 aromatic rings. The summed E-state index contributed by atoms with van der Waals surface area (Å²) in [6, 6.07) is 28.1. The second-order valence-electron chi connectivity index (χ2n) is 11.1. The van der Waals surface area contributed by atoms with Gasteiger partial charge in [0.15, 0.2) is 0 Å². The molecule has 0 radical (unpaired) electrons. The maximum Gasteiger partial charge on any atom is 0.119 e. The Morgan fingerprint density at radius 2 is 1.64 bits per heavy atom. The zero-order valence-electron chi connectivity index (χ0n) is 23.5. The Balaban J connectivity index is 1.37. The molecule has 0 saturated carbocycles. The molecule has 1 heterocycles. The first-order valence-electron chi connectivity index (χ1n) is 14.6. The van der Waals surface area contributed by atoms with E-state index in [-0.39, 0.29) is 18.5 Å². The lowest BCUT2D eigenvalue weighted by Gasteiger charge is -2.19. The number of benzene rings is 4. The van der Waals surface area contributed by atoms with Crippen LogP contribution in [-0.2, 0) is 6.42 Å². The molecule has 1 aliphatic heterocycles. The molecule has 1 atom stereocenters. The molecule has 3 nitrogen and oxygen atoms in total. The first kappa shape index (κ1) is 28.8. The number of phenols is 1. The molecule has 6 rings (SSSR count). The summed E-state index contributed by atoms with van der Waals surface area (Å²) in [4.78, 5) is 2.28. The van der Waals surface area contributed by atoms with Gasteiger partial charge < -0.3 is 9.84 Å².